The highest BCUT2D eigenvalue weighted by Crippen LogP contribution is 2.32. The summed E-state index contributed by atoms with van der Waals surface area (Å²) in [6, 6.07) is 11.1. The van der Waals surface area contributed by atoms with Crippen molar-refractivity contribution in [3.8, 4) is 17.2 Å². The van der Waals surface area contributed by atoms with Crippen LogP contribution < -0.4 is 14.8 Å². The predicted octanol–water partition coefficient (Wildman–Crippen LogP) is 3.24. The Morgan fingerprint density at radius 1 is 1.13 bits per heavy atom. The van der Waals surface area contributed by atoms with Crippen LogP contribution in [-0.2, 0) is 6.18 Å². The predicted molar refractivity (Wildman–Crippen MR) is 97.1 cm³/mol. The largest absolute Gasteiger partial charge is 0.497 e. The van der Waals surface area contributed by atoms with E-state index in [-0.39, 0.29) is 18.8 Å². The van der Waals surface area contributed by atoms with E-state index in [1.54, 1.807) is 24.3 Å². The van der Waals surface area contributed by atoms with Gasteiger partial charge in [0.15, 0.2) is 11.4 Å². The van der Waals surface area contributed by atoms with Crippen molar-refractivity contribution in [3.63, 3.8) is 0 Å². The molecule has 1 N–H and O–H groups in total. The van der Waals surface area contributed by atoms with Crippen LogP contribution in [0.25, 0.3) is 5.69 Å². The number of hydrogen-bond acceptors (Lipinski definition) is 5. The molecule has 1 aromatic heterocycles. The van der Waals surface area contributed by atoms with Crippen LogP contribution in [-0.4, -0.2) is 41.2 Å². The first-order valence-electron chi connectivity index (χ1n) is 8.63. The zero-order chi connectivity index (χ0) is 21.7. The monoisotopic (exact) mass is 424 g/mol. The Balaban J connectivity index is 1.71. The Labute approximate surface area is 168 Å². The van der Waals surface area contributed by atoms with E-state index < -0.39 is 29.3 Å². The van der Waals surface area contributed by atoms with E-state index in [9.17, 15) is 22.4 Å². The molecule has 158 valence electrons. The first-order valence-corrected chi connectivity index (χ1v) is 8.63. The fourth-order valence-electron chi connectivity index (χ4n) is 2.59. The Morgan fingerprint density at radius 2 is 1.87 bits per heavy atom. The molecule has 0 aliphatic heterocycles. The summed E-state index contributed by atoms with van der Waals surface area (Å²) in [7, 11) is 1.49. The van der Waals surface area contributed by atoms with Gasteiger partial charge in [-0.3, -0.25) is 4.79 Å². The summed E-state index contributed by atoms with van der Waals surface area (Å²) in [5, 5.41) is 9.03. The third-order valence-corrected chi connectivity index (χ3v) is 3.90. The van der Waals surface area contributed by atoms with E-state index >= 15 is 0 Å². The molecular weight excluding hydrogens is 408 g/mol. The Kier molecular flexibility index (Phi) is 6.19. The van der Waals surface area contributed by atoms with Crippen LogP contribution in [0.5, 0.6) is 11.5 Å². The van der Waals surface area contributed by atoms with Gasteiger partial charge in [0.25, 0.3) is 5.91 Å². The number of benzene rings is 2. The number of rotatable bonds is 7. The minimum Gasteiger partial charge on any atom is -0.497 e. The van der Waals surface area contributed by atoms with Gasteiger partial charge in [-0.15, -0.1) is 5.10 Å². The van der Waals surface area contributed by atoms with Crippen LogP contribution in [0.15, 0.2) is 48.5 Å². The topological polar surface area (TPSA) is 78.3 Å². The Hall–Kier alpha value is -3.63. The maximum absolute atomic E-state index is 13.6. The van der Waals surface area contributed by atoms with Crippen molar-refractivity contribution in [3.05, 3.63) is 65.7 Å². The summed E-state index contributed by atoms with van der Waals surface area (Å²) in [4.78, 5) is 12.3. The third-order valence-electron chi connectivity index (χ3n) is 3.90. The highest BCUT2D eigenvalue weighted by Gasteiger charge is 2.42. The quantitative estimate of drug-likeness (QED) is 0.466. The molecule has 0 fully saturated rings. The number of halogens is 4. The molecule has 0 atom stereocenters. The molecule has 7 nitrogen and oxygen atoms in total. The maximum atomic E-state index is 13.6. The molecule has 11 heteroatoms. The fraction of sp³-hybridized carbons (Fsp3) is 0.211. The van der Waals surface area contributed by atoms with Gasteiger partial charge in [-0.05, 0) is 30.3 Å². The van der Waals surface area contributed by atoms with Crippen LogP contribution in [0.1, 0.15) is 16.2 Å². The normalized spacial score (nSPS) is 11.2. The summed E-state index contributed by atoms with van der Waals surface area (Å²) < 4.78 is 64.9. The Bertz CT molecular complexity index is 1040. The number of carbonyl (C=O) groups excluding carboxylic acids is 1. The number of alkyl halides is 3. The molecule has 0 saturated carbocycles. The lowest BCUT2D eigenvalue weighted by Crippen LogP contribution is -2.30. The van der Waals surface area contributed by atoms with Gasteiger partial charge in [0, 0.05) is 6.07 Å². The van der Waals surface area contributed by atoms with E-state index in [0.29, 0.717) is 16.2 Å². The fourth-order valence-corrected chi connectivity index (χ4v) is 2.59. The molecule has 0 radical (unpaired) electrons. The molecule has 30 heavy (non-hydrogen) atoms. The second-order valence-electron chi connectivity index (χ2n) is 5.96. The minimum atomic E-state index is -4.94. The first kappa shape index (κ1) is 21.1. The zero-order valence-electron chi connectivity index (χ0n) is 15.6. The van der Waals surface area contributed by atoms with E-state index in [1.807, 2.05) is 0 Å². The molecule has 1 amide bonds. The van der Waals surface area contributed by atoms with Gasteiger partial charge in [-0.25, -0.2) is 9.07 Å². The molecule has 0 aliphatic rings. The molecule has 0 saturated heterocycles. The van der Waals surface area contributed by atoms with Crippen molar-refractivity contribution in [1.82, 2.24) is 20.3 Å². The molecule has 0 unspecified atom stereocenters. The van der Waals surface area contributed by atoms with Gasteiger partial charge < -0.3 is 14.8 Å². The SMILES string of the molecule is COc1cccc(OCCNC(=O)c2nnn(-c3cccc(F)c3)c2C(F)(F)F)c1. The van der Waals surface area contributed by atoms with Crippen molar-refractivity contribution in [2.45, 2.75) is 6.18 Å². The van der Waals surface area contributed by atoms with Gasteiger partial charge in [-0.2, -0.15) is 13.2 Å². The molecule has 0 bridgehead atoms. The molecule has 0 aliphatic carbocycles. The highest BCUT2D eigenvalue weighted by molar-refractivity contribution is 5.93. The van der Waals surface area contributed by atoms with Crippen molar-refractivity contribution in [1.29, 1.82) is 0 Å². The number of methoxy groups -OCH3 is 1. The average molecular weight is 424 g/mol. The zero-order valence-corrected chi connectivity index (χ0v) is 15.6. The molecular formula is C19H16F4N4O3. The average Bonchev–Trinajstić information content (AvgIpc) is 3.17. The van der Waals surface area contributed by atoms with Gasteiger partial charge in [0.05, 0.1) is 19.3 Å². The van der Waals surface area contributed by atoms with Gasteiger partial charge in [-0.1, -0.05) is 17.3 Å². The second-order valence-corrected chi connectivity index (χ2v) is 5.96. The molecule has 3 aromatic rings. The number of amides is 1. The lowest BCUT2D eigenvalue weighted by molar-refractivity contribution is -0.143. The van der Waals surface area contributed by atoms with Gasteiger partial charge in [0.1, 0.15) is 23.9 Å². The number of carbonyl (C=O) groups is 1. The van der Waals surface area contributed by atoms with Crippen LogP contribution >= 0.6 is 0 Å². The van der Waals surface area contributed by atoms with Crippen molar-refractivity contribution in [2.75, 3.05) is 20.3 Å². The number of hydrogen-bond donors (Lipinski definition) is 1. The van der Waals surface area contributed by atoms with Gasteiger partial charge >= 0.3 is 6.18 Å². The summed E-state index contributed by atoms with van der Waals surface area (Å²) >= 11 is 0. The molecule has 2 aromatic carbocycles. The van der Waals surface area contributed by atoms with Crippen molar-refractivity contribution < 1.29 is 31.8 Å². The second kappa shape index (κ2) is 8.80. The third kappa shape index (κ3) is 4.85. The van der Waals surface area contributed by atoms with Crippen molar-refractivity contribution >= 4 is 5.91 Å². The summed E-state index contributed by atoms with van der Waals surface area (Å²) in [5.41, 5.74) is -2.54. The smallest absolute Gasteiger partial charge is 0.435 e. The number of nitrogens with zero attached hydrogens (tertiary/aromatic N) is 3. The first-order chi connectivity index (χ1) is 14.3. The standard InChI is InChI=1S/C19H16F4N4O3/c1-29-14-6-3-7-15(11-14)30-9-8-24-18(28)16-17(19(21,22)23)27(26-25-16)13-5-2-4-12(20)10-13/h2-7,10-11H,8-9H2,1H3,(H,24,28). The molecule has 1 heterocycles. The van der Waals surface area contributed by atoms with Crippen molar-refractivity contribution in [2.24, 2.45) is 0 Å². The highest BCUT2D eigenvalue weighted by atomic mass is 19.4. The number of aromatic nitrogens is 3. The minimum absolute atomic E-state index is 0.00169. The van der Waals surface area contributed by atoms with Crippen LogP contribution in [0.3, 0.4) is 0 Å². The lowest BCUT2D eigenvalue weighted by Gasteiger charge is -2.12. The summed E-state index contributed by atoms with van der Waals surface area (Å²) in [5.74, 6) is -0.798. The lowest BCUT2D eigenvalue weighted by atomic mass is 10.2. The van der Waals surface area contributed by atoms with E-state index in [1.165, 1.54) is 19.2 Å². The summed E-state index contributed by atoms with van der Waals surface area (Å²) in [6.45, 7) is -0.0849. The van der Waals surface area contributed by atoms with E-state index in [4.69, 9.17) is 9.47 Å². The van der Waals surface area contributed by atoms with Crippen LogP contribution in [0, 0.1) is 5.82 Å². The van der Waals surface area contributed by atoms with Gasteiger partial charge in [0.2, 0.25) is 0 Å². The number of ether oxygens (including phenoxy) is 2. The van der Waals surface area contributed by atoms with E-state index in [0.717, 1.165) is 12.1 Å². The molecule has 3 rings (SSSR count). The van der Waals surface area contributed by atoms with Crippen LogP contribution in [0.4, 0.5) is 17.6 Å². The Morgan fingerprint density at radius 3 is 2.57 bits per heavy atom. The number of nitrogens with one attached hydrogen (secondary N) is 1. The summed E-state index contributed by atoms with van der Waals surface area (Å²) in [6.07, 6.45) is -4.94. The molecule has 0 spiro atoms. The maximum Gasteiger partial charge on any atom is 0.435 e. The van der Waals surface area contributed by atoms with Crippen LogP contribution in [0.2, 0.25) is 0 Å². The van der Waals surface area contributed by atoms with E-state index in [2.05, 4.69) is 15.6 Å².